The van der Waals surface area contributed by atoms with Crippen molar-refractivity contribution in [2.45, 2.75) is 39.8 Å². The third kappa shape index (κ3) is 4.18. The first kappa shape index (κ1) is 16.9. The topological polar surface area (TPSA) is 30.5 Å². The lowest BCUT2D eigenvalue weighted by atomic mass is 9.93. The molecule has 1 rings (SSSR count). The van der Waals surface area contributed by atoms with Crippen molar-refractivity contribution in [2.75, 3.05) is 20.3 Å². The molecule has 0 aromatic heterocycles. The second kappa shape index (κ2) is 8.22. The lowest BCUT2D eigenvalue weighted by Crippen LogP contribution is -2.37. The molecule has 4 heteroatoms. The van der Waals surface area contributed by atoms with Gasteiger partial charge in [0.05, 0.1) is 19.3 Å². The zero-order chi connectivity index (χ0) is 15.1. The van der Waals surface area contributed by atoms with E-state index in [9.17, 15) is 4.39 Å². The molecule has 3 nitrogen and oxygen atoms in total. The van der Waals surface area contributed by atoms with Gasteiger partial charge < -0.3 is 14.8 Å². The van der Waals surface area contributed by atoms with Crippen molar-refractivity contribution in [1.29, 1.82) is 0 Å². The van der Waals surface area contributed by atoms with Crippen LogP contribution in [-0.4, -0.2) is 26.4 Å². The molecule has 0 heterocycles. The Morgan fingerprint density at radius 2 is 1.95 bits per heavy atom. The zero-order valence-electron chi connectivity index (χ0n) is 13.1. The van der Waals surface area contributed by atoms with Crippen LogP contribution in [0.3, 0.4) is 0 Å². The minimum atomic E-state index is -0.341. The Morgan fingerprint density at radius 1 is 1.25 bits per heavy atom. The van der Waals surface area contributed by atoms with Crippen molar-refractivity contribution in [2.24, 2.45) is 5.92 Å². The molecule has 20 heavy (non-hydrogen) atoms. The summed E-state index contributed by atoms with van der Waals surface area (Å²) in [5, 5.41) is 3.40. The molecule has 114 valence electrons. The van der Waals surface area contributed by atoms with Crippen molar-refractivity contribution in [3.63, 3.8) is 0 Å². The lowest BCUT2D eigenvalue weighted by Gasteiger charge is -2.31. The van der Waals surface area contributed by atoms with Crippen LogP contribution >= 0.6 is 0 Å². The normalized spacial score (nSPS) is 14.3. The fourth-order valence-electron chi connectivity index (χ4n) is 2.39. The second-order valence-electron chi connectivity index (χ2n) is 5.09. The van der Waals surface area contributed by atoms with Gasteiger partial charge in [0, 0.05) is 6.61 Å². The minimum absolute atomic E-state index is 0.00717. The van der Waals surface area contributed by atoms with E-state index in [0.29, 0.717) is 12.5 Å². The fraction of sp³-hybridized carbons (Fsp3) is 0.625. The Bertz CT molecular complexity index is 409. The lowest BCUT2D eigenvalue weighted by molar-refractivity contribution is 0.00310. The molecule has 0 spiro atoms. The highest BCUT2D eigenvalue weighted by Crippen LogP contribution is 2.28. The number of benzene rings is 1. The van der Waals surface area contributed by atoms with Gasteiger partial charge in [0.2, 0.25) is 0 Å². The summed E-state index contributed by atoms with van der Waals surface area (Å²) in [6, 6.07) is 5.06. The number of methoxy groups -OCH3 is 1. The molecular weight excluding hydrogens is 257 g/mol. The maximum Gasteiger partial charge on any atom is 0.165 e. The number of hydrogen-bond donors (Lipinski definition) is 1. The summed E-state index contributed by atoms with van der Waals surface area (Å²) in [7, 11) is 1.47. The largest absolute Gasteiger partial charge is 0.494 e. The number of nitrogens with one attached hydrogen (secondary N) is 1. The van der Waals surface area contributed by atoms with E-state index in [-0.39, 0.29) is 23.7 Å². The third-order valence-electron chi connectivity index (χ3n) is 3.30. The molecule has 1 N–H and O–H groups in total. The van der Waals surface area contributed by atoms with Crippen LogP contribution in [0.4, 0.5) is 4.39 Å². The van der Waals surface area contributed by atoms with Gasteiger partial charge in [0.1, 0.15) is 0 Å². The van der Waals surface area contributed by atoms with Crippen LogP contribution in [0.25, 0.3) is 0 Å². The predicted octanol–water partition coefficient (Wildman–Crippen LogP) is 3.55. The Hall–Kier alpha value is -1.13. The van der Waals surface area contributed by atoms with Crippen LogP contribution in [0.1, 0.15) is 39.3 Å². The standard InChI is InChI=1S/C16H26FNO2/c1-6-18-15(16(11(3)4)20-7-2)12-8-9-14(19-5)13(17)10-12/h8-11,15-16,18H,6-7H2,1-5H3. The maximum absolute atomic E-state index is 13.9. The van der Waals surface area contributed by atoms with Crippen molar-refractivity contribution in [3.8, 4) is 5.75 Å². The quantitative estimate of drug-likeness (QED) is 0.791. The molecule has 0 amide bonds. The third-order valence-corrected chi connectivity index (χ3v) is 3.30. The maximum atomic E-state index is 13.9. The van der Waals surface area contributed by atoms with E-state index in [1.165, 1.54) is 13.2 Å². The number of rotatable bonds is 8. The number of likely N-dealkylation sites (N-methyl/N-ethyl adjacent to an activating group) is 1. The summed E-state index contributed by atoms with van der Waals surface area (Å²) in [5.41, 5.74) is 0.886. The molecule has 0 aliphatic heterocycles. The Labute approximate surface area is 121 Å². The van der Waals surface area contributed by atoms with Gasteiger partial charge in [-0.3, -0.25) is 0 Å². The summed E-state index contributed by atoms with van der Waals surface area (Å²) in [6.07, 6.45) is 0.00717. The number of ether oxygens (including phenoxy) is 2. The van der Waals surface area contributed by atoms with E-state index in [4.69, 9.17) is 9.47 Å². The summed E-state index contributed by atoms with van der Waals surface area (Å²) in [5.74, 6) is 0.262. The minimum Gasteiger partial charge on any atom is -0.494 e. The Kier molecular flexibility index (Phi) is 6.96. The molecule has 0 aliphatic carbocycles. The number of hydrogen-bond acceptors (Lipinski definition) is 3. The summed E-state index contributed by atoms with van der Waals surface area (Å²) in [4.78, 5) is 0. The highest BCUT2D eigenvalue weighted by atomic mass is 19.1. The van der Waals surface area contributed by atoms with Crippen LogP contribution < -0.4 is 10.1 Å². The first-order valence-electron chi connectivity index (χ1n) is 7.23. The average Bonchev–Trinajstić information content (AvgIpc) is 2.42. The predicted molar refractivity (Wildman–Crippen MR) is 79.6 cm³/mol. The number of halogens is 1. The van der Waals surface area contributed by atoms with Crippen LogP contribution in [0, 0.1) is 11.7 Å². The first-order valence-corrected chi connectivity index (χ1v) is 7.23. The van der Waals surface area contributed by atoms with Gasteiger partial charge in [-0.25, -0.2) is 4.39 Å². The molecule has 0 fully saturated rings. The van der Waals surface area contributed by atoms with Gasteiger partial charge in [0.25, 0.3) is 0 Å². The first-order chi connectivity index (χ1) is 9.54. The molecule has 0 bridgehead atoms. The smallest absolute Gasteiger partial charge is 0.165 e. The van der Waals surface area contributed by atoms with E-state index in [2.05, 4.69) is 19.2 Å². The molecule has 2 unspecified atom stereocenters. The van der Waals surface area contributed by atoms with E-state index in [1.807, 2.05) is 19.9 Å². The molecule has 2 atom stereocenters. The van der Waals surface area contributed by atoms with E-state index < -0.39 is 0 Å². The monoisotopic (exact) mass is 283 g/mol. The molecule has 1 aromatic rings. The molecule has 0 radical (unpaired) electrons. The van der Waals surface area contributed by atoms with Gasteiger partial charge in [-0.1, -0.05) is 26.8 Å². The van der Waals surface area contributed by atoms with Gasteiger partial charge in [-0.2, -0.15) is 0 Å². The van der Waals surface area contributed by atoms with Crippen LogP contribution in [0.2, 0.25) is 0 Å². The van der Waals surface area contributed by atoms with Gasteiger partial charge in [-0.05, 0) is 37.1 Å². The molecule has 1 aromatic carbocycles. The van der Waals surface area contributed by atoms with Gasteiger partial charge in [0.15, 0.2) is 11.6 Å². The molecule has 0 saturated heterocycles. The highest BCUT2D eigenvalue weighted by Gasteiger charge is 2.26. The van der Waals surface area contributed by atoms with Crippen LogP contribution in [-0.2, 0) is 4.74 Å². The zero-order valence-corrected chi connectivity index (χ0v) is 13.1. The van der Waals surface area contributed by atoms with E-state index in [0.717, 1.165) is 12.1 Å². The summed E-state index contributed by atoms with van der Waals surface area (Å²) >= 11 is 0. The van der Waals surface area contributed by atoms with Gasteiger partial charge in [-0.15, -0.1) is 0 Å². The van der Waals surface area contributed by atoms with Crippen LogP contribution in [0.15, 0.2) is 18.2 Å². The van der Waals surface area contributed by atoms with Crippen molar-refractivity contribution >= 4 is 0 Å². The summed E-state index contributed by atoms with van der Waals surface area (Å²) in [6.45, 7) is 9.69. The molecule has 0 aliphatic rings. The average molecular weight is 283 g/mol. The Balaban J connectivity index is 3.08. The second-order valence-corrected chi connectivity index (χ2v) is 5.09. The molecular formula is C16H26FNO2. The van der Waals surface area contributed by atoms with E-state index >= 15 is 0 Å². The fourth-order valence-corrected chi connectivity index (χ4v) is 2.39. The molecule has 0 saturated carbocycles. The van der Waals surface area contributed by atoms with Crippen molar-refractivity contribution in [1.82, 2.24) is 5.32 Å². The van der Waals surface area contributed by atoms with Crippen LogP contribution in [0.5, 0.6) is 5.75 Å². The van der Waals surface area contributed by atoms with Crippen molar-refractivity contribution in [3.05, 3.63) is 29.6 Å². The highest BCUT2D eigenvalue weighted by molar-refractivity contribution is 5.31. The summed E-state index contributed by atoms with van der Waals surface area (Å²) < 4.78 is 24.7. The van der Waals surface area contributed by atoms with E-state index in [1.54, 1.807) is 6.07 Å². The van der Waals surface area contributed by atoms with Crippen molar-refractivity contribution < 1.29 is 13.9 Å². The van der Waals surface area contributed by atoms with Gasteiger partial charge >= 0.3 is 0 Å². The Morgan fingerprint density at radius 3 is 2.40 bits per heavy atom. The SMILES string of the molecule is CCNC(c1ccc(OC)c(F)c1)C(OCC)C(C)C.